The molecule has 16 heavy (non-hydrogen) atoms. The Morgan fingerprint density at radius 1 is 1.44 bits per heavy atom. The molecule has 0 aliphatic heterocycles. The van der Waals surface area contributed by atoms with Crippen LogP contribution in [0.2, 0.25) is 10.0 Å². The van der Waals surface area contributed by atoms with E-state index >= 15 is 0 Å². The van der Waals surface area contributed by atoms with Crippen LogP contribution in [0.5, 0.6) is 0 Å². The SMILES string of the molecule is C#CC(C)NC(=O)Nc1ccc(Cl)c(Cl)c1. The number of anilines is 1. The standard InChI is InChI=1S/C11H10Cl2N2O/c1-3-7(2)14-11(16)15-8-4-5-9(12)10(13)6-8/h1,4-7H,2H3,(H2,14,15,16). The van der Waals surface area contributed by atoms with Gasteiger partial charge in [-0.3, -0.25) is 0 Å². The molecule has 5 heteroatoms. The summed E-state index contributed by atoms with van der Waals surface area (Å²) < 4.78 is 0. The van der Waals surface area contributed by atoms with Crippen LogP contribution in [0.15, 0.2) is 18.2 Å². The highest BCUT2D eigenvalue weighted by Crippen LogP contribution is 2.24. The molecule has 1 atom stereocenters. The highest BCUT2D eigenvalue weighted by atomic mass is 35.5. The second-order valence-electron chi connectivity index (χ2n) is 3.12. The summed E-state index contributed by atoms with van der Waals surface area (Å²) in [5, 5.41) is 5.95. The predicted molar refractivity (Wildman–Crippen MR) is 66.9 cm³/mol. The molecule has 0 aliphatic carbocycles. The maximum absolute atomic E-state index is 11.4. The number of carbonyl (C=O) groups is 1. The second kappa shape index (κ2) is 5.64. The first-order valence-electron chi connectivity index (χ1n) is 4.51. The van der Waals surface area contributed by atoms with Gasteiger partial charge in [-0.05, 0) is 25.1 Å². The van der Waals surface area contributed by atoms with Crippen molar-refractivity contribution in [3.05, 3.63) is 28.2 Å². The molecule has 0 aromatic heterocycles. The van der Waals surface area contributed by atoms with Gasteiger partial charge in [0.15, 0.2) is 0 Å². The third kappa shape index (κ3) is 3.65. The number of halogens is 2. The van der Waals surface area contributed by atoms with Crippen molar-refractivity contribution < 1.29 is 4.79 Å². The fourth-order valence-corrected chi connectivity index (χ4v) is 1.28. The van der Waals surface area contributed by atoms with Gasteiger partial charge in [-0.1, -0.05) is 29.1 Å². The minimum Gasteiger partial charge on any atom is -0.325 e. The van der Waals surface area contributed by atoms with Crippen molar-refractivity contribution in [1.82, 2.24) is 5.32 Å². The van der Waals surface area contributed by atoms with Crippen molar-refractivity contribution in [1.29, 1.82) is 0 Å². The van der Waals surface area contributed by atoms with Crippen molar-refractivity contribution >= 4 is 34.9 Å². The summed E-state index contributed by atoms with van der Waals surface area (Å²) in [6.45, 7) is 1.70. The van der Waals surface area contributed by atoms with Gasteiger partial charge in [0.1, 0.15) is 0 Å². The van der Waals surface area contributed by atoms with Gasteiger partial charge in [0.25, 0.3) is 0 Å². The summed E-state index contributed by atoms with van der Waals surface area (Å²) in [7, 11) is 0. The van der Waals surface area contributed by atoms with Gasteiger partial charge in [-0.2, -0.15) is 0 Å². The van der Waals surface area contributed by atoms with Crippen LogP contribution in [-0.2, 0) is 0 Å². The number of hydrogen-bond donors (Lipinski definition) is 2. The van der Waals surface area contributed by atoms with Gasteiger partial charge in [0.05, 0.1) is 16.1 Å². The van der Waals surface area contributed by atoms with Gasteiger partial charge in [0.2, 0.25) is 0 Å². The molecule has 0 spiro atoms. The largest absolute Gasteiger partial charge is 0.325 e. The maximum Gasteiger partial charge on any atom is 0.320 e. The Labute approximate surface area is 104 Å². The lowest BCUT2D eigenvalue weighted by Gasteiger charge is -2.09. The quantitative estimate of drug-likeness (QED) is 0.785. The van der Waals surface area contributed by atoms with Gasteiger partial charge in [-0.15, -0.1) is 6.42 Å². The smallest absolute Gasteiger partial charge is 0.320 e. The van der Waals surface area contributed by atoms with Crippen molar-refractivity contribution in [2.24, 2.45) is 0 Å². The Balaban J connectivity index is 2.64. The molecular weight excluding hydrogens is 247 g/mol. The zero-order valence-electron chi connectivity index (χ0n) is 8.55. The van der Waals surface area contributed by atoms with Crippen molar-refractivity contribution in [3.8, 4) is 12.3 Å². The first-order valence-corrected chi connectivity index (χ1v) is 5.27. The van der Waals surface area contributed by atoms with Gasteiger partial charge in [0, 0.05) is 5.69 Å². The molecule has 2 N–H and O–H groups in total. The topological polar surface area (TPSA) is 41.1 Å². The third-order valence-electron chi connectivity index (χ3n) is 1.78. The summed E-state index contributed by atoms with van der Waals surface area (Å²) in [6.07, 6.45) is 5.13. The van der Waals surface area contributed by atoms with Crippen molar-refractivity contribution in [2.45, 2.75) is 13.0 Å². The van der Waals surface area contributed by atoms with Crippen molar-refractivity contribution in [3.63, 3.8) is 0 Å². The van der Waals surface area contributed by atoms with E-state index in [0.29, 0.717) is 15.7 Å². The molecule has 1 aromatic rings. The molecule has 2 amide bonds. The molecule has 0 saturated carbocycles. The Morgan fingerprint density at radius 2 is 2.12 bits per heavy atom. The summed E-state index contributed by atoms with van der Waals surface area (Å²) in [4.78, 5) is 11.4. The lowest BCUT2D eigenvalue weighted by Crippen LogP contribution is -2.35. The molecule has 3 nitrogen and oxygen atoms in total. The predicted octanol–water partition coefficient (Wildman–Crippen LogP) is 3.14. The van der Waals surface area contributed by atoms with Crippen molar-refractivity contribution in [2.75, 3.05) is 5.32 Å². The lowest BCUT2D eigenvalue weighted by molar-refractivity contribution is 0.251. The van der Waals surface area contributed by atoms with Crippen LogP contribution in [-0.4, -0.2) is 12.1 Å². The zero-order chi connectivity index (χ0) is 12.1. The molecular formula is C11H10Cl2N2O. The molecule has 0 saturated heterocycles. The Kier molecular flexibility index (Phi) is 4.48. The number of terminal acetylenes is 1. The van der Waals surface area contributed by atoms with Crippen LogP contribution in [0.1, 0.15) is 6.92 Å². The average Bonchev–Trinajstić information content (AvgIpc) is 2.23. The van der Waals surface area contributed by atoms with E-state index in [1.165, 1.54) is 0 Å². The number of hydrogen-bond acceptors (Lipinski definition) is 1. The Bertz CT molecular complexity index is 440. The van der Waals surface area contributed by atoms with E-state index in [-0.39, 0.29) is 12.1 Å². The minimum absolute atomic E-state index is 0.331. The molecule has 0 fully saturated rings. The minimum atomic E-state index is -0.385. The summed E-state index contributed by atoms with van der Waals surface area (Å²) in [5.74, 6) is 2.38. The highest BCUT2D eigenvalue weighted by molar-refractivity contribution is 6.42. The lowest BCUT2D eigenvalue weighted by atomic mass is 10.3. The van der Waals surface area contributed by atoms with E-state index in [2.05, 4.69) is 16.6 Å². The zero-order valence-corrected chi connectivity index (χ0v) is 10.1. The van der Waals surface area contributed by atoms with E-state index in [4.69, 9.17) is 29.6 Å². The average molecular weight is 257 g/mol. The van der Waals surface area contributed by atoms with Crippen LogP contribution in [0, 0.1) is 12.3 Å². The summed E-state index contributed by atoms with van der Waals surface area (Å²) in [6, 6.07) is 4.09. The molecule has 0 aliphatic rings. The summed E-state index contributed by atoms with van der Waals surface area (Å²) >= 11 is 11.5. The number of nitrogens with one attached hydrogen (secondary N) is 2. The third-order valence-corrected chi connectivity index (χ3v) is 2.51. The summed E-state index contributed by atoms with van der Waals surface area (Å²) in [5.41, 5.74) is 0.552. The Morgan fingerprint density at radius 3 is 2.69 bits per heavy atom. The van der Waals surface area contributed by atoms with Crippen LogP contribution in [0.25, 0.3) is 0 Å². The van der Waals surface area contributed by atoms with E-state index in [9.17, 15) is 4.79 Å². The number of benzene rings is 1. The molecule has 1 rings (SSSR count). The van der Waals surface area contributed by atoms with Crippen LogP contribution < -0.4 is 10.6 Å². The van der Waals surface area contributed by atoms with E-state index in [0.717, 1.165) is 0 Å². The number of carbonyl (C=O) groups excluding carboxylic acids is 1. The molecule has 0 bridgehead atoms. The fraction of sp³-hybridized carbons (Fsp3) is 0.182. The highest BCUT2D eigenvalue weighted by Gasteiger charge is 2.05. The van der Waals surface area contributed by atoms with E-state index < -0.39 is 0 Å². The van der Waals surface area contributed by atoms with Gasteiger partial charge in [-0.25, -0.2) is 4.79 Å². The van der Waals surface area contributed by atoms with Crippen LogP contribution in [0.3, 0.4) is 0 Å². The monoisotopic (exact) mass is 256 g/mol. The van der Waals surface area contributed by atoms with E-state index in [1.807, 2.05) is 0 Å². The van der Waals surface area contributed by atoms with Crippen LogP contribution >= 0.6 is 23.2 Å². The number of urea groups is 1. The van der Waals surface area contributed by atoms with Crippen LogP contribution in [0.4, 0.5) is 10.5 Å². The second-order valence-corrected chi connectivity index (χ2v) is 3.93. The van der Waals surface area contributed by atoms with Gasteiger partial charge >= 0.3 is 6.03 Å². The maximum atomic E-state index is 11.4. The van der Waals surface area contributed by atoms with Gasteiger partial charge < -0.3 is 10.6 Å². The molecule has 1 aromatic carbocycles. The fourth-order valence-electron chi connectivity index (χ4n) is 0.979. The normalized spacial score (nSPS) is 11.4. The molecule has 84 valence electrons. The number of amides is 2. The first kappa shape index (κ1) is 12.7. The first-order chi connectivity index (χ1) is 7.52. The Hall–Kier alpha value is -1.37. The molecule has 0 heterocycles. The van der Waals surface area contributed by atoms with E-state index in [1.54, 1.807) is 25.1 Å². The molecule has 1 unspecified atom stereocenters. The number of rotatable bonds is 2. The molecule has 0 radical (unpaired) electrons.